The first-order valence-corrected chi connectivity index (χ1v) is 6.82. The average Bonchev–Trinajstić information content (AvgIpc) is 2.72. The van der Waals surface area contributed by atoms with Crippen LogP contribution in [0.3, 0.4) is 0 Å². The lowest BCUT2D eigenvalue weighted by molar-refractivity contribution is 0.0997. The summed E-state index contributed by atoms with van der Waals surface area (Å²) < 4.78 is 1.00. The molecule has 3 nitrogen and oxygen atoms in total. The summed E-state index contributed by atoms with van der Waals surface area (Å²) in [6.45, 7) is 2.60. The summed E-state index contributed by atoms with van der Waals surface area (Å²) in [6.07, 6.45) is 0. The van der Waals surface area contributed by atoms with Gasteiger partial charge in [0.2, 0.25) is 0 Å². The zero-order valence-corrected chi connectivity index (χ0v) is 12.1. The van der Waals surface area contributed by atoms with Crippen LogP contribution in [0, 0.1) is 6.92 Å². The van der Waals surface area contributed by atoms with Crippen molar-refractivity contribution in [1.82, 2.24) is 0 Å². The Bertz CT molecular complexity index is 682. The summed E-state index contributed by atoms with van der Waals surface area (Å²) in [7, 11) is 0. The van der Waals surface area contributed by atoms with Crippen LogP contribution < -0.4 is 10.6 Å². The lowest BCUT2D eigenvalue weighted by Gasteiger charge is -2.16. The molecule has 1 aliphatic rings. The normalized spacial score (nSPS) is 13.8. The highest BCUT2D eigenvalue weighted by Gasteiger charge is 2.30. The third-order valence-electron chi connectivity index (χ3n) is 3.44. The van der Waals surface area contributed by atoms with E-state index in [0.717, 1.165) is 21.3 Å². The molecule has 0 spiro atoms. The quantitative estimate of drug-likeness (QED) is 0.818. The number of aryl methyl sites for hydroxylation is 1. The molecular formula is C15H13BrN2O. The molecule has 1 amide bonds. The van der Waals surface area contributed by atoms with Crippen LogP contribution >= 0.6 is 15.9 Å². The molecule has 2 aromatic carbocycles. The van der Waals surface area contributed by atoms with Gasteiger partial charge in [0.25, 0.3) is 5.91 Å². The number of hydrogen-bond acceptors (Lipinski definition) is 2. The minimum atomic E-state index is -0.0242. The smallest absolute Gasteiger partial charge is 0.261 e. The third-order valence-corrected chi connectivity index (χ3v) is 4.29. The van der Waals surface area contributed by atoms with Crippen LogP contribution in [0.25, 0.3) is 0 Å². The lowest BCUT2D eigenvalue weighted by atomic mass is 10.1. The van der Waals surface area contributed by atoms with Crippen molar-refractivity contribution < 1.29 is 4.79 Å². The Kier molecular flexibility index (Phi) is 2.82. The Morgan fingerprint density at radius 3 is 2.74 bits per heavy atom. The molecule has 0 radical (unpaired) electrons. The molecule has 0 fully saturated rings. The van der Waals surface area contributed by atoms with E-state index < -0.39 is 0 Å². The van der Waals surface area contributed by atoms with Gasteiger partial charge in [-0.3, -0.25) is 4.79 Å². The summed E-state index contributed by atoms with van der Waals surface area (Å²) in [6, 6.07) is 11.5. The monoisotopic (exact) mass is 316 g/mol. The fraction of sp³-hybridized carbons (Fsp3) is 0.133. The van der Waals surface area contributed by atoms with Gasteiger partial charge in [0.1, 0.15) is 0 Å². The van der Waals surface area contributed by atoms with Crippen molar-refractivity contribution in [2.45, 2.75) is 13.5 Å². The highest BCUT2D eigenvalue weighted by Crippen LogP contribution is 2.33. The van der Waals surface area contributed by atoms with E-state index in [4.69, 9.17) is 5.73 Å². The number of nitrogens with two attached hydrogens (primary N) is 1. The van der Waals surface area contributed by atoms with Gasteiger partial charge in [-0.2, -0.15) is 0 Å². The maximum atomic E-state index is 12.4. The zero-order valence-electron chi connectivity index (χ0n) is 10.5. The fourth-order valence-electron chi connectivity index (χ4n) is 2.35. The summed E-state index contributed by atoms with van der Waals surface area (Å²) >= 11 is 3.50. The number of benzene rings is 2. The number of amides is 1. The number of fused-ring (bicyclic) bond motifs is 1. The van der Waals surface area contributed by atoms with Gasteiger partial charge in [0.15, 0.2) is 0 Å². The molecule has 96 valence electrons. The highest BCUT2D eigenvalue weighted by molar-refractivity contribution is 9.10. The van der Waals surface area contributed by atoms with Crippen LogP contribution in [0.2, 0.25) is 0 Å². The molecule has 4 heteroatoms. The molecule has 1 aliphatic heterocycles. The van der Waals surface area contributed by atoms with Gasteiger partial charge in [0, 0.05) is 15.8 Å². The molecule has 0 aliphatic carbocycles. The number of nitrogens with zero attached hydrogens (tertiary/aromatic N) is 1. The van der Waals surface area contributed by atoms with Crippen molar-refractivity contribution in [3.8, 4) is 0 Å². The van der Waals surface area contributed by atoms with Gasteiger partial charge in [0.05, 0.1) is 12.1 Å². The van der Waals surface area contributed by atoms with Crippen LogP contribution in [-0.4, -0.2) is 5.91 Å². The largest absolute Gasteiger partial charge is 0.398 e. The maximum absolute atomic E-state index is 12.4. The minimum absolute atomic E-state index is 0.0242. The molecule has 0 unspecified atom stereocenters. The number of carbonyl (C=O) groups is 1. The average molecular weight is 317 g/mol. The summed E-state index contributed by atoms with van der Waals surface area (Å²) in [5, 5.41) is 0. The molecule has 0 atom stereocenters. The summed E-state index contributed by atoms with van der Waals surface area (Å²) in [5.74, 6) is -0.0242. The molecule has 2 N–H and O–H groups in total. The molecule has 0 saturated heterocycles. The van der Waals surface area contributed by atoms with E-state index in [9.17, 15) is 4.79 Å². The first kappa shape index (κ1) is 12.2. The molecule has 0 saturated carbocycles. The Balaban J connectivity index is 2.04. The predicted octanol–water partition coefficient (Wildman–Crippen LogP) is 3.50. The molecule has 19 heavy (non-hydrogen) atoms. The third kappa shape index (κ3) is 1.92. The van der Waals surface area contributed by atoms with E-state index in [1.165, 1.54) is 0 Å². The van der Waals surface area contributed by atoms with Crippen molar-refractivity contribution in [2.75, 3.05) is 10.6 Å². The molecule has 0 aromatic heterocycles. The first-order chi connectivity index (χ1) is 9.08. The van der Waals surface area contributed by atoms with Gasteiger partial charge in [-0.05, 0) is 36.2 Å². The van der Waals surface area contributed by atoms with E-state index in [0.29, 0.717) is 17.8 Å². The van der Waals surface area contributed by atoms with Crippen LogP contribution in [0.5, 0.6) is 0 Å². The van der Waals surface area contributed by atoms with Crippen LogP contribution in [0.4, 0.5) is 11.4 Å². The SMILES string of the molecule is Cc1ccc(N2Cc3cccc(N)c3C2=O)cc1Br. The van der Waals surface area contributed by atoms with Crippen molar-refractivity contribution in [3.05, 3.63) is 57.6 Å². The zero-order chi connectivity index (χ0) is 13.6. The van der Waals surface area contributed by atoms with E-state index in [2.05, 4.69) is 15.9 Å². The topological polar surface area (TPSA) is 46.3 Å². The maximum Gasteiger partial charge on any atom is 0.261 e. The number of halogens is 1. The first-order valence-electron chi connectivity index (χ1n) is 6.03. The molecule has 0 bridgehead atoms. The van der Waals surface area contributed by atoms with Gasteiger partial charge in [-0.1, -0.05) is 34.1 Å². The summed E-state index contributed by atoms with van der Waals surface area (Å²) in [4.78, 5) is 14.2. The van der Waals surface area contributed by atoms with Gasteiger partial charge in [-0.15, -0.1) is 0 Å². The van der Waals surface area contributed by atoms with Gasteiger partial charge < -0.3 is 10.6 Å². The van der Waals surface area contributed by atoms with E-state index in [-0.39, 0.29) is 5.91 Å². The van der Waals surface area contributed by atoms with Crippen LogP contribution in [0.15, 0.2) is 40.9 Å². The van der Waals surface area contributed by atoms with Gasteiger partial charge in [-0.25, -0.2) is 0 Å². The molecule has 2 aromatic rings. The number of hydrogen-bond donors (Lipinski definition) is 1. The van der Waals surface area contributed by atoms with E-state index in [1.54, 1.807) is 11.0 Å². The second kappa shape index (κ2) is 4.38. The highest BCUT2D eigenvalue weighted by atomic mass is 79.9. The number of nitrogen functional groups attached to an aromatic ring is 1. The number of carbonyl (C=O) groups excluding carboxylic acids is 1. The van der Waals surface area contributed by atoms with Crippen molar-refractivity contribution >= 4 is 33.2 Å². The Hall–Kier alpha value is -1.81. The second-order valence-corrected chi connectivity index (χ2v) is 5.56. The number of rotatable bonds is 1. The Morgan fingerprint density at radius 2 is 2.05 bits per heavy atom. The summed E-state index contributed by atoms with van der Waals surface area (Å²) in [5.41, 5.74) is 10.1. The van der Waals surface area contributed by atoms with Crippen molar-refractivity contribution in [1.29, 1.82) is 0 Å². The Morgan fingerprint density at radius 1 is 1.26 bits per heavy atom. The number of anilines is 2. The fourth-order valence-corrected chi connectivity index (χ4v) is 2.71. The molecular weight excluding hydrogens is 304 g/mol. The van der Waals surface area contributed by atoms with Gasteiger partial charge >= 0.3 is 0 Å². The van der Waals surface area contributed by atoms with E-state index >= 15 is 0 Å². The van der Waals surface area contributed by atoms with Crippen molar-refractivity contribution in [3.63, 3.8) is 0 Å². The lowest BCUT2D eigenvalue weighted by Crippen LogP contribution is -2.23. The van der Waals surface area contributed by atoms with E-state index in [1.807, 2.05) is 37.3 Å². The second-order valence-electron chi connectivity index (χ2n) is 4.71. The van der Waals surface area contributed by atoms with Crippen molar-refractivity contribution in [2.24, 2.45) is 0 Å². The van der Waals surface area contributed by atoms with Crippen LogP contribution in [-0.2, 0) is 6.54 Å². The van der Waals surface area contributed by atoms with Crippen LogP contribution in [0.1, 0.15) is 21.5 Å². The predicted molar refractivity (Wildman–Crippen MR) is 80.2 cm³/mol. The Labute approximate surface area is 120 Å². The standard InChI is InChI=1S/C15H13BrN2O/c1-9-5-6-11(7-12(9)16)18-8-10-3-2-4-13(17)14(10)15(18)19/h2-7H,8,17H2,1H3. The molecule has 3 rings (SSSR count). The minimum Gasteiger partial charge on any atom is -0.398 e. The molecule has 1 heterocycles.